The number of rotatable bonds is 3. The van der Waals surface area contributed by atoms with Gasteiger partial charge in [0.2, 0.25) is 0 Å². The number of nitrogens with zero attached hydrogens (tertiary/aromatic N) is 2. The van der Waals surface area contributed by atoms with Gasteiger partial charge in [-0.05, 0) is 25.0 Å². The first kappa shape index (κ1) is 13.3. The molecule has 100 valence electrons. The molecule has 1 aliphatic heterocycles. The summed E-state index contributed by atoms with van der Waals surface area (Å²) in [7, 11) is 0. The second-order valence-corrected chi connectivity index (χ2v) is 4.49. The quantitative estimate of drug-likeness (QED) is 0.903. The summed E-state index contributed by atoms with van der Waals surface area (Å²) in [5, 5.41) is 9.12. The Labute approximate surface area is 111 Å². The van der Waals surface area contributed by atoms with Crippen molar-refractivity contribution in [3.63, 3.8) is 0 Å². The van der Waals surface area contributed by atoms with Gasteiger partial charge in [-0.1, -0.05) is 25.1 Å². The van der Waals surface area contributed by atoms with E-state index in [0.717, 1.165) is 11.3 Å². The number of aliphatic imine (C=N–C) groups is 1. The number of amides is 1. The SMILES string of the molecule is CCC1=Nc2ccccc2CN([C@@H](C)C(=O)O)C1=O. The Bertz CT molecular complexity index is 551. The first-order chi connectivity index (χ1) is 9.04. The van der Waals surface area contributed by atoms with Crippen LogP contribution in [0.5, 0.6) is 0 Å². The highest BCUT2D eigenvalue weighted by atomic mass is 16.4. The van der Waals surface area contributed by atoms with E-state index in [1.165, 1.54) is 11.8 Å². The van der Waals surface area contributed by atoms with Crippen molar-refractivity contribution in [2.45, 2.75) is 32.9 Å². The summed E-state index contributed by atoms with van der Waals surface area (Å²) in [4.78, 5) is 29.2. The van der Waals surface area contributed by atoms with Crippen LogP contribution in [0.1, 0.15) is 25.8 Å². The lowest BCUT2D eigenvalue weighted by Gasteiger charge is -2.25. The molecular formula is C14H16N2O3. The fraction of sp³-hybridized carbons (Fsp3) is 0.357. The molecule has 0 aromatic heterocycles. The number of carboxylic acids is 1. The maximum Gasteiger partial charge on any atom is 0.326 e. The number of benzene rings is 1. The van der Waals surface area contributed by atoms with Gasteiger partial charge in [0, 0.05) is 6.54 Å². The summed E-state index contributed by atoms with van der Waals surface area (Å²) in [5.41, 5.74) is 2.01. The van der Waals surface area contributed by atoms with Gasteiger partial charge in [-0.2, -0.15) is 0 Å². The average molecular weight is 260 g/mol. The molecule has 0 fully saturated rings. The highest BCUT2D eigenvalue weighted by Gasteiger charge is 2.30. The Balaban J connectivity index is 2.48. The topological polar surface area (TPSA) is 70.0 Å². The lowest BCUT2D eigenvalue weighted by molar-refractivity contribution is -0.147. The number of hydrogen-bond donors (Lipinski definition) is 1. The van der Waals surface area contributed by atoms with Gasteiger partial charge in [0.15, 0.2) is 0 Å². The third-order valence-corrected chi connectivity index (χ3v) is 3.26. The summed E-state index contributed by atoms with van der Waals surface area (Å²) in [6.07, 6.45) is 0.482. The van der Waals surface area contributed by atoms with Gasteiger partial charge in [0.05, 0.1) is 5.69 Å². The van der Waals surface area contributed by atoms with Crippen molar-refractivity contribution >= 4 is 23.3 Å². The second-order valence-electron chi connectivity index (χ2n) is 4.49. The molecular weight excluding hydrogens is 244 g/mol. The maximum atomic E-state index is 12.3. The van der Waals surface area contributed by atoms with Crippen LogP contribution in [0, 0.1) is 0 Å². The van der Waals surface area contributed by atoms with Gasteiger partial charge in [-0.25, -0.2) is 9.79 Å². The second kappa shape index (κ2) is 5.22. The fourth-order valence-electron chi connectivity index (χ4n) is 2.04. The Morgan fingerprint density at radius 1 is 1.47 bits per heavy atom. The van der Waals surface area contributed by atoms with Crippen molar-refractivity contribution in [1.82, 2.24) is 4.90 Å². The van der Waals surface area contributed by atoms with Gasteiger partial charge in [-0.3, -0.25) is 4.79 Å². The molecule has 1 heterocycles. The zero-order valence-corrected chi connectivity index (χ0v) is 11.0. The Hall–Kier alpha value is -2.17. The lowest BCUT2D eigenvalue weighted by atomic mass is 10.1. The molecule has 0 saturated heterocycles. The number of carboxylic acid groups (broad SMARTS) is 1. The van der Waals surface area contributed by atoms with Crippen molar-refractivity contribution in [2.75, 3.05) is 0 Å². The first-order valence-corrected chi connectivity index (χ1v) is 6.23. The molecule has 0 aliphatic carbocycles. The van der Waals surface area contributed by atoms with E-state index in [0.29, 0.717) is 12.1 Å². The van der Waals surface area contributed by atoms with Crippen molar-refractivity contribution < 1.29 is 14.7 Å². The average Bonchev–Trinajstić information content (AvgIpc) is 2.55. The van der Waals surface area contributed by atoms with E-state index in [9.17, 15) is 9.59 Å². The van der Waals surface area contributed by atoms with Gasteiger partial charge in [-0.15, -0.1) is 0 Å². The molecule has 1 aliphatic rings. The number of carbonyl (C=O) groups is 2. The molecule has 5 nitrogen and oxygen atoms in total. The molecule has 5 heteroatoms. The largest absolute Gasteiger partial charge is 0.480 e. The molecule has 1 aromatic carbocycles. The van der Waals surface area contributed by atoms with Gasteiger partial charge in [0.25, 0.3) is 5.91 Å². The smallest absolute Gasteiger partial charge is 0.326 e. The van der Waals surface area contributed by atoms with E-state index in [1.807, 2.05) is 31.2 Å². The molecule has 0 saturated carbocycles. The first-order valence-electron chi connectivity index (χ1n) is 6.23. The summed E-state index contributed by atoms with van der Waals surface area (Å²) < 4.78 is 0. The number of hydrogen-bond acceptors (Lipinski definition) is 3. The zero-order chi connectivity index (χ0) is 14.0. The van der Waals surface area contributed by atoms with Crippen LogP contribution in [0.25, 0.3) is 0 Å². The van der Waals surface area contributed by atoms with Crippen LogP contribution in [0.3, 0.4) is 0 Å². The standard InChI is InChI=1S/C14H16N2O3/c1-3-11-13(17)16(9(2)14(18)19)8-10-6-4-5-7-12(10)15-11/h4-7,9H,3,8H2,1-2H3,(H,18,19)/t9-/m0/s1. The van der Waals surface area contributed by atoms with Crippen molar-refractivity contribution in [3.05, 3.63) is 29.8 Å². The highest BCUT2D eigenvalue weighted by molar-refractivity contribution is 6.39. The Kier molecular flexibility index (Phi) is 3.64. The van der Waals surface area contributed by atoms with E-state index >= 15 is 0 Å². The molecule has 0 bridgehead atoms. The van der Waals surface area contributed by atoms with E-state index in [2.05, 4.69) is 4.99 Å². The van der Waals surface area contributed by atoms with E-state index in [1.54, 1.807) is 0 Å². The minimum atomic E-state index is -1.01. The van der Waals surface area contributed by atoms with Crippen molar-refractivity contribution in [3.8, 4) is 0 Å². The number of carbonyl (C=O) groups excluding carboxylic acids is 1. The Morgan fingerprint density at radius 2 is 2.16 bits per heavy atom. The van der Waals surface area contributed by atoms with Crippen LogP contribution in [0.4, 0.5) is 5.69 Å². The van der Waals surface area contributed by atoms with Crippen molar-refractivity contribution in [1.29, 1.82) is 0 Å². The molecule has 19 heavy (non-hydrogen) atoms. The minimum Gasteiger partial charge on any atom is -0.480 e. The van der Waals surface area contributed by atoms with E-state index in [-0.39, 0.29) is 12.5 Å². The van der Waals surface area contributed by atoms with Crippen LogP contribution in [-0.4, -0.2) is 33.6 Å². The van der Waals surface area contributed by atoms with Crippen LogP contribution >= 0.6 is 0 Å². The molecule has 0 spiro atoms. The van der Waals surface area contributed by atoms with Crippen molar-refractivity contribution in [2.24, 2.45) is 4.99 Å². The normalized spacial score (nSPS) is 16.4. The monoisotopic (exact) mass is 260 g/mol. The number of fused-ring (bicyclic) bond motifs is 1. The summed E-state index contributed by atoms with van der Waals surface area (Å²) in [5.74, 6) is -1.31. The summed E-state index contributed by atoms with van der Waals surface area (Å²) >= 11 is 0. The van der Waals surface area contributed by atoms with Crippen LogP contribution in [0.2, 0.25) is 0 Å². The van der Waals surface area contributed by atoms with E-state index < -0.39 is 12.0 Å². The maximum absolute atomic E-state index is 12.3. The fourth-order valence-corrected chi connectivity index (χ4v) is 2.04. The minimum absolute atomic E-state index is 0.273. The molecule has 2 rings (SSSR count). The lowest BCUT2D eigenvalue weighted by Crippen LogP contribution is -2.45. The van der Waals surface area contributed by atoms with Crippen LogP contribution < -0.4 is 0 Å². The van der Waals surface area contributed by atoms with Gasteiger partial charge < -0.3 is 10.0 Å². The van der Waals surface area contributed by atoms with Crippen LogP contribution in [-0.2, 0) is 16.1 Å². The predicted molar refractivity (Wildman–Crippen MR) is 71.5 cm³/mol. The molecule has 1 amide bonds. The molecule has 1 aromatic rings. The third-order valence-electron chi connectivity index (χ3n) is 3.26. The summed E-state index contributed by atoms with van der Waals surface area (Å²) in [6.45, 7) is 3.63. The van der Waals surface area contributed by atoms with Gasteiger partial charge in [0.1, 0.15) is 11.8 Å². The molecule has 0 radical (unpaired) electrons. The number of para-hydroxylation sites is 1. The highest BCUT2D eigenvalue weighted by Crippen LogP contribution is 2.25. The summed E-state index contributed by atoms with van der Waals surface area (Å²) in [6, 6.07) is 6.56. The predicted octanol–water partition coefficient (Wildman–Crippen LogP) is 1.98. The molecule has 1 N–H and O–H groups in total. The van der Waals surface area contributed by atoms with Gasteiger partial charge >= 0.3 is 5.97 Å². The van der Waals surface area contributed by atoms with Crippen LogP contribution in [0.15, 0.2) is 29.3 Å². The molecule has 0 unspecified atom stereocenters. The molecule has 1 atom stereocenters. The zero-order valence-electron chi connectivity index (χ0n) is 11.0. The number of aliphatic carboxylic acids is 1. The third kappa shape index (κ3) is 2.50. The van der Waals surface area contributed by atoms with E-state index in [4.69, 9.17) is 5.11 Å². The Morgan fingerprint density at radius 3 is 2.79 bits per heavy atom.